The minimum absolute atomic E-state index is 0.495. The van der Waals surface area contributed by atoms with Crippen LogP contribution in [0.1, 0.15) is 35.7 Å². The molecule has 1 aliphatic rings. The van der Waals surface area contributed by atoms with E-state index >= 15 is 0 Å². The maximum Gasteiger partial charge on any atom is 0.0548 e. The van der Waals surface area contributed by atoms with E-state index < -0.39 is 0 Å². The van der Waals surface area contributed by atoms with Crippen molar-refractivity contribution >= 4 is 11.3 Å². The second-order valence-electron chi connectivity index (χ2n) is 5.99. The molecule has 0 amide bonds. The first-order valence-corrected chi connectivity index (χ1v) is 8.54. The van der Waals surface area contributed by atoms with Crippen LogP contribution in [0.15, 0.2) is 29.6 Å². The van der Waals surface area contributed by atoms with Gasteiger partial charge in [-0.3, -0.25) is 9.88 Å². The highest BCUT2D eigenvalue weighted by atomic mass is 32.1. The van der Waals surface area contributed by atoms with E-state index in [1.165, 1.54) is 17.7 Å². The topological polar surface area (TPSA) is 28.2 Å². The highest BCUT2D eigenvalue weighted by molar-refractivity contribution is 7.10. The molecule has 0 aliphatic carbocycles. The van der Waals surface area contributed by atoms with Crippen molar-refractivity contribution in [3.63, 3.8) is 0 Å². The molecule has 3 nitrogen and oxygen atoms in total. The van der Waals surface area contributed by atoms with Gasteiger partial charge in [-0.15, -0.1) is 11.3 Å². The van der Waals surface area contributed by atoms with Crippen molar-refractivity contribution in [2.45, 2.75) is 45.9 Å². The summed E-state index contributed by atoms with van der Waals surface area (Å²) < 4.78 is 0. The van der Waals surface area contributed by atoms with Crippen LogP contribution in [0.5, 0.6) is 0 Å². The Bertz CT molecular complexity index is 591. The fourth-order valence-electron chi connectivity index (χ4n) is 2.70. The lowest BCUT2D eigenvalue weighted by Gasteiger charge is -2.26. The van der Waals surface area contributed by atoms with Crippen molar-refractivity contribution in [3.05, 3.63) is 51.5 Å². The molecule has 112 valence electrons. The highest BCUT2D eigenvalue weighted by Gasteiger charge is 2.17. The normalized spacial score (nSPS) is 15.4. The standard InChI is InChI=1S/C17H23N3S/c1-13(2)18-10-15-4-3-5-16(19-15)12-20-8-6-17-14(11-20)7-9-21-17/h3-5,7,9,13,18H,6,8,10-12H2,1-2H3. The summed E-state index contributed by atoms with van der Waals surface area (Å²) in [6.45, 7) is 8.33. The lowest BCUT2D eigenvalue weighted by molar-refractivity contribution is 0.244. The molecule has 4 heteroatoms. The molecule has 2 aromatic rings. The van der Waals surface area contributed by atoms with Gasteiger partial charge in [-0.2, -0.15) is 0 Å². The van der Waals surface area contributed by atoms with Gasteiger partial charge in [-0.25, -0.2) is 0 Å². The predicted molar refractivity (Wildman–Crippen MR) is 88.3 cm³/mol. The average molecular weight is 301 g/mol. The summed E-state index contributed by atoms with van der Waals surface area (Å²) in [6.07, 6.45) is 1.18. The third-order valence-electron chi connectivity index (χ3n) is 3.83. The zero-order valence-corrected chi connectivity index (χ0v) is 13.6. The van der Waals surface area contributed by atoms with Gasteiger partial charge in [0.1, 0.15) is 0 Å². The number of nitrogens with one attached hydrogen (secondary N) is 1. The van der Waals surface area contributed by atoms with Gasteiger partial charge >= 0.3 is 0 Å². The minimum Gasteiger partial charge on any atom is -0.309 e. The van der Waals surface area contributed by atoms with Gasteiger partial charge in [0.2, 0.25) is 0 Å². The summed E-state index contributed by atoms with van der Waals surface area (Å²) in [5, 5.41) is 5.64. The van der Waals surface area contributed by atoms with Gasteiger partial charge in [-0.05, 0) is 35.6 Å². The van der Waals surface area contributed by atoms with Crippen LogP contribution in [0.25, 0.3) is 0 Å². The molecule has 0 atom stereocenters. The van der Waals surface area contributed by atoms with E-state index in [1.54, 1.807) is 4.88 Å². The Hall–Kier alpha value is -1.23. The van der Waals surface area contributed by atoms with Crippen LogP contribution >= 0.6 is 11.3 Å². The molecular weight excluding hydrogens is 278 g/mol. The van der Waals surface area contributed by atoms with Gasteiger partial charge in [0, 0.05) is 37.1 Å². The summed E-state index contributed by atoms with van der Waals surface area (Å²) >= 11 is 1.89. The first kappa shape index (κ1) is 14.7. The van der Waals surface area contributed by atoms with Gasteiger partial charge in [0.25, 0.3) is 0 Å². The quantitative estimate of drug-likeness (QED) is 0.919. The fraction of sp³-hybridized carbons (Fsp3) is 0.471. The first-order chi connectivity index (χ1) is 10.2. The molecule has 0 fully saturated rings. The van der Waals surface area contributed by atoms with Gasteiger partial charge in [0.05, 0.1) is 11.4 Å². The Morgan fingerprint density at radius 1 is 1.29 bits per heavy atom. The van der Waals surface area contributed by atoms with Crippen LogP contribution < -0.4 is 5.32 Å². The molecule has 3 rings (SSSR count). The van der Waals surface area contributed by atoms with Crippen LogP contribution in [0, 0.1) is 0 Å². The monoisotopic (exact) mass is 301 g/mol. The molecule has 1 aliphatic heterocycles. The van der Waals surface area contributed by atoms with E-state index in [1.807, 2.05) is 11.3 Å². The SMILES string of the molecule is CC(C)NCc1cccc(CN2CCc3sccc3C2)n1. The second-order valence-corrected chi connectivity index (χ2v) is 6.99. The molecule has 0 saturated heterocycles. The molecular formula is C17H23N3S. The van der Waals surface area contributed by atoms with E-state index in [9.17, 15) is 0 Å². The molecule has 21 heavy (non-hydrogen) atoms. The van der Waals surface area contributed by atoms with Crippen LogP contribution in [0.3, 0.4) is 0 Å². The lowest BCUT2D eigenvalue weighted by atomic mass is 10.1. The van der Waals surface area contributed by atoms with Crippen molar-refractivity contribution in [2.24, 2.45) is 0 Å². The molecule has 3 heterocycles. The van der Waals surface area contributed by atoms with E-state index in [2.05, 4.69) is 53.7 Å². The number of hydrogen-bond donors (Lipinski definition) is 1. The Morgan fingerprint density at radius 3 is 3.00 bits per heavy atom. The van der Waals surface area contributed by atoms with Crippen LogP contribution in [-0.4, -0.2) is 22.5 Å². The third kappa shape index (κ3) is 3.90. The Labute approximate surface area is 131 Å². The zero-order chi connectivity index (χ0) is 14.7. The average Bonchev–Trinajstić information content (AvgIpc) is 2.93. The summed E-state index contributed by atoms with van der Waals surface area (Å²) in [6, 6.07) is 9.13. The van der Waals surface area contributed by atoms with E-state index in [4.69, 9.17) is 4.98 Å². The van der Waals surface area contributed by atoms with Crippen molar-refractivity contribution in [2.75, 3.05) is 6.54 Å². The van der Waals surface area contributed by atoms with Gasteiger partial charge in [-0.1, -0.05) is 19.9 Å². The van der Waals surface area contributed by atoms with Crippen LogP contribution in [-0.2, 0) is 26.1 Å². The van der Waals surface area contributed by atoms with Crippen LogP contribution in [0.4, 0.5) is 0 Å². The molecule has 0 spiro atoms. The molecule has 2 aromatic heterocycles. The summed E-state index contributed by atoms with van der Waals surface area (Å²) in [7, 11) is 0. The molecule has 0 unspecified atom stereocenters. The smallest absolute Gasteiger partial charge is 0.0548 e. The van der Waals surface area contributed by atoms with Crippen molar-refractivity contribution in [1.82, 2.24) is 15.2 Å². The molecule has 0 radical (unpaired) electrons. The Morgan fingerprint density at radius 2 is 2.14 bits per heavy atom. The minimum atomic E-state index is 0.495. The first-order valence-electron chi connectivity index (χ1n) is 7.66. The fourth-order valence-corrected chi connectivity index (χ4v) is 3.59. The zero-order valence-electron chi connectivity index (χ0n) is 12.8. The number of pyridine rings is 1. The number of hydrogen-bond acceptors (Lipinski definition) is 4. The van der Waals surface area contributed by atoms with E-state index in [0.717, 1.165) is 31.9 Å². The number of aromatic nitrogens is 1. The van der Waals surface area contributed by atoms with E-state index in [-0.39, 0.29) is 0 Å². The number of thiophene rings is 1. The Kier molecular flexibility index (Phi) is 4.68. The van der Waals surface area contributed by atoms with Crippen molar-refractivity contribution in [3.8, 4) is 0 Å². The Balaban J connectivity index is 1.61. The van der Waals surface area contributed by atoms with Gasteiger partial charge < -0.3 is 5.32 Å². The van der Waals surface area contributed by atoms with Gasteiger partial charge in [0.15, 0.2) is 0 Å². The summed E-state index contributed by atoms with van der Waals surface area (Å²) in [5.41, 5.74) is 3.81. The molecule has 0 saturated carbocycles. The molecule has 0 aromatic carbocycles. The van der Waals surface area contributed by atoms with Crippen molar-refractivity contribution < 1.29 is 0 Å². The maximum absolute atomic E-state index is 4.78. The number of rotatable bonds is 5. The lowest BCUT2D eigenvalue weighted by Crippen LogP contribution is -2.29. The largest absolute Gasteiger partial charge is 0.309 e. The summed E-state index contributed by atoms with van der Waals surface area (Å²) in [4.78, 5) is 8.84. The maximum atomic E-state index is 4.78. The highest BCUT2D eigenvalue weighted by Crippen LogP contribution is 2.24. The number of nitrogens with zero attached hydrogens (tertiary/aromatic N) is 2. The third-order valence-corrected chi connectivity index (χ3v) is 4.85. The summed E-state index contributed by atoms with van der Waals surface area (Å²) in [5.74, 6) is 0. The molecule has 0 bridgehead atoms. The van der Waals surface area contributed by atoms with E-state index in [0.29, 0.717) is 6.04 Å². The predicted octanol–water partition coefficient (Wildman–Crippen LogP) is 3.20. The molecule has 1 N–H and O–H groups in total. The van der Waals surface area contributed by atoms with Crippen molar-refractivity contribution in [1.29, 1.82) is 0 Å². The number of fused-ring (bicyclic) bond motifs is 1. The second kappa shape index (κ2) is 6.69. The van der Waals surface area contributed by atoms with Crippen LogP contribution in [0.2, 0.25) is 0 Å².